The normalized spacial score (nSPS) is 14.5. The number of nitro groups is 1. The average molecular weight is 250 g/mol. The van der Waals surface area contributed by atoms with Crippen LogP contribution in [0.1, 0.15) is 18.4 Å². The van der Waals surface area contributed by atoms with Crippen LogP contribution in [0.2, 0.25) is 0 Å². The molecule has 1 aliphatic rings. The van der Waals surface area contributed by atoms with Gasteiger partial charge in [0.1, 0.15) is 0 Å². The number of nitrogens with zero attached hydrogens (tertiary/aromatic N) is 2. The Hall–Kier alpha value is -1.95. The molecule has 0 saturated carbocycles. The summed E-state index contributed by atoms with van der Waals surface area (Å²) in [6.07, 6.45) is 1.40. The summed E-state index contributed by atoms with van der Waals surface area (Å²) < 4.78 is 0. The standard InChI is InChI=1S/C12H14N2O4/c15-7-1-6-13-11-4-3-10(14(17)18)8-9(11)2-5-12(13)16/h3-4,8,15H,1-2,5-7H2. The predicted molar refractivity (Wildman–Crippen MR) is 65.5 cm³/mol. The molecule has 0 radical (unpaired) electrons. The van der Waals surface area contributed by atoms with Crippen LogP contribution in [0.4, 0.5) is 11.4 Å². The van der Waals surface area contributed by atoms with Gasteiger partial charge in [-0.05, 0) is 24.5 Å². The number of hydrogen-bond acceptors (Lipinski definition) is 4. The van der Waals surface area contributed by atoms with Crippen molar-refractivity contribution in [1.29, 1.82) is 0 Å². The number of amides is 1. The zero-order valence-corrected chi connectivity index (χ0v) is 9.83. The first-order valence-corrected chi connectivity index (χ1v) is 5.82. The summed E-state index contributed by atoms with van der Waals surface area (Å²) in [7, 11) is 0. The van der Waals surface area contributed by atoms with Gasteiger partial charge in [0.25, 0.3) is 5.69 Å². The van der Waals surface area contributed by atoms with E-state index in [9.17, 15) is 14.9 Å². The van der Waals surface area contributed by atoms with E-state index in [1.165, 1.54) is 12.1 Å². The van der Waals surface area contributed by atoms with Gasteiger partial charge in [-0.25, -0.2) is 0 Å². The molecule has 2 rings (SSSR count). The molecule has 1 aromatic rings. The van der Waals surface area contributed by atoms with E-state index in [1.807, 2.05) is 0 Å². The SMILES string of the molecule is O=C1CCc2cc([N+](=O)[O-])ccc2N1CCCO. The number of rotatable bonds is 4. The van der Waals surface area contributed by atoms with Gasteiger partial charge in [0.2, 0.25) is 5.91 Å². The third-order valence-electron chi connectivity index (χ3n) is 3.01. The average Bonchev–Trinajstić information content (AvgIpc) is 2.37. The fourth-order valence-electron chi connectivity index (χ4n) is 2.13. The summed E-state index contributed by atoms with van der Waals surface area (Å²) in [4.78, 5) is 23.6. The van der Waals surface area contributed by atoms with Gasteiger partial charge in [0.05, 0.1) is 4.92 Å². The molecular weight excluding hydrogens is 236 g/mol. The van der Waals surface area contributed by atoms with Gasteiger partial charge < -0.3 is 10.0 Å². The van der Waals surface area contributed by atoms with E-state index in [-0.39, 0.29) is 18.2 Å². The minimum absolute atomic E-state index is 0.00445. The highest BCUT2D eigenvalue weighted by Crippen LogP contribution is 2.30. The number of nitro benzene ring substituents is 1. The second-order valence-corrected chi connectivity index (χ2v) is 4.19. The molecule has 1 heterocycles. The molecule has 6 nitrogen and oxygen atoms in total. The van der Waals surface area contributed by atoms with Crippen molar-refractivity contribution in [3.8, 4) is 0 Å². The molecule has 0 atom stereocenters. The lowest BCUT2D eigenvalue weighted by molar-refractivity contribution is -0.384. The summed E-state index contributed by atoms with van der Waals surface area (Å²) in [5.74, 6) is 0.00445. The lowest BCUT2D eigenvalue weighted by Gasteiger charge is -2.29. The van der Waals surface area contributed by atoms with Crippen molar-refractivity contribution in [2.24, 2.45) is 0 Å². The van der Waals surface area contributed by atoms with Crippen molar-refractivity contribution in [3.63, 3.8) is 0 Å². The van der Waals surface area contributed by atoms with Crippen molar-refractivity contribution in [1.82, 2.24) is 0 Å². The van der Waals surface area contributed by atoms with Crippen molar-refractivity contribution >= 4 is 17.3 Å². The number of non-ortho nitro benzene ring substituents is 1. The van der Waals surface area contributed by atoms with E-state index in [0.717, 1.165) is 11.3 Å². The van der Waals surface area contributed by atoms with Crippen LogP contribution in [0, 0.1) is 10.1 Å². The summed E-state index contributed by atoms with van der Waals surface area (Å²) in [5, 5.41) is 19.5. The maximum absolute atomic E-state index is 11.8. The second kappa shape index (κ2) is 5.14. The molecule has 0 spiro atoms. The van der Waals surface area contributed by atoms with Crippen LogP contribution in [-0.2, 0) is 11.2 Å². The molecular formula is C12H14N2O4. The molecule has 6 heteroatoms. The van der Waals surface area contributed by atoms with Crippen LogP contribution in [0.25, 0.3) is 0 Å². The largest absolute Gasteiger partial charge is 0.396 e. The molecule has 1 N–H and O–H groups in total. The Morgan fingerprint density at radius 3 is 2.83 bits per heavy atom. The quantitative estimate of drug-likeness (QED) is 0.644. The third kappa shape index (κ3) is 2.33. The lowest BCUT2D eigenvalue weighted by atomic mass is 10.0. The Morgan fingerprint density at radius 1 is 1.39 bits per heavy atom. The Labute approximate surface area is 104 Å². The van der Waals surface area contributed by atoms with Crippen LogP contribution in [0.15, 0.2) is 18.2 Å². The summed E-state index contributed by atoms with van der Waals surface area (Å²) in [5.41, 5.74) is 1.59. The number of anilines is 1. The second-order valence-electron chi connectivity index (χ2n) is 4.19. The first-order chi connectivity index (χ1) is 8.63. The number of aliphatic hydroxyl groups excluding tert-OH is 1. The van der Waals surface area contributed by atoms with Crippen LogP contribution in [0.3, 0.4) is 0 Å². The molecule has 0 bridgehead atoms. The van der Waals surface area contributed by atoms with E-state index < -0.39 is 4.92 Å². The van der Waals surface area contributed by atoms with E-state index in [2.05, 4.69) is 0 Å². The highest BCUT2D eigenvalue weighted by Gasteiger charge is 2.25. The minimum Gasteiger partial charge on any atom is -0.396 e. The fraction of sp³-hybridized carbons (Fsp3) is 0.417. The summed E-state index contributed by atoms with van der Waals surface area (Å²) in [6.45, 7) is 0.465. The monoisotopic (exact) mass is 250 g/mol. The van der Waals surface area contributed by atoms with Gasteiger partial charge in [-0.2, -0.15) is 0 Å². The highest BCUT2D eigenvalue weighted by atomic mass is 16.6. The molecule has 1 amide bonds. The number of carbonyl (C=O) groups excluding carboxylic acids is 1. The first-order valence-electron chi connectivity index (χ1n) is 5.82. The predicted octanol–water partition coefficient (Wildman–Crippen LogP) is 1.26. The number of fused-ring (bicyclic) bond motifs is 1. The molecule has 1 aliphatic heterocycles. The van der Waals surface area contributed by atoms with Gasteiger partial charge in [0, 0.05) is 37.4 Å². The molecule has 0 unspecified atom stereocenters. The Kier molecular flexibility index (Phi) is 3.57. The van der Waals surface area contributed by atoms with E-state index in [0.29, 0.717) is 25.8 Å². The third-order valence-corrected chi connectivity index (χ3v) is 3.01. The number of hydrogen-bond donors (Lipinski definition) is 1. The van der Waals surface area contributed by atoms with Gasteiger partial charge in [0.15, 0.2) is 0 Å². The van der Waals surface area contributed by atoms with Gasteiger partial charge in [-0.1, -0.05) is 0 Å². The van der Waals surface area contributed by atoms with Gasteiger partial charge in [-0.3, -0.25) is 14.9 Å². The molecule has 0 aliphatic carbocycles. The Morgan fingerprint density at radius 2 is 2.17 bits per heavy atom. The van der Waals surface area contributed by atoms with Crippen molar-refractivity contribution in [2.45, 2.75) is 19.3 Å². The van der Waals surface area contributed by atoms with Gasteiger partial charge in [-0.15, -0.1) is 0 Å². The van der Waals surface area contributed by atoms with Crippen LogP contribution >= 0.6 is 0 Å². The lowest BCUT2D eigenvalue weighted by Crippen LogP contribution is -2.36. The number of carbonyl (C=O) groups is 1. The van der Waals surface area contributed by atoms with Crippen molar-refractivity contribution < 1.29 is 14.8 Å². The highest BCUT2D eigenvalue weighted by molar-refractivity contribution is 5.96. The number of aliphatic hydroxyl groups is 1. The Bertz CT molecular complexity index is 487. The van der Waals surface area contributed by atoms with E-state index >= 15 is 0 Å². The van der Waals surface area contributed by atoms with Crippen LogP contribution in [0.5, 0.6) is 0 Å². The summed E-state index contributed by atoms with van der Waals surface area (Å²) in [6, 6.07) is 4.54. The molecule has 0 fully saturated rings. The zero-order valence-electron chi connectivity index (χ0n) is 9.83. The van der Waals surface area contributed by atoms with Crippen LogP contribution < -0.4 is 4.90 Å². The smallest absolute Gasteiger partial charge is 0.269 e. The number of aryl methyl sites for hydroxylation is 1. The molecule has 18 heavy (non-hydrogen) atoms. The molecule has 96 valence electrons. The maximum Gasteiger partial charge on any atom is 0.269 e. The van der Waals surface area contributed by atoms with Crippen molar-refractivity contribution in [2.75, 3.05) is 18.1 Å². The fourth-order valence-corrected chi connectivity index (χ4v) is 2.13. The minimum atomic E-state index is -0.436. The van der Waals surface area contributed by atoms with E-state index in [1.54, 1.807) is 11.0 Å². The van der Waals surface area contributed by atoms with Gasteiger partial charge >= 0.3 is 0 Å². The topological polar surface area (TPSA) is 83.7 Å². The zero-order chi connectivity index (χ0) is 13.1. The molecule has 0 aromatic heterocycles. The summed E-state index contributed by atoms with van der Waals surface area (Å²) >= 11 is 0. The Balaban J connectivity index is 2.32. The maximum atomic E-state index is 11.8. The first kappa shape index (κ1) is 12.5. The number of benzene rings is 1. The molecule has 0 saturated heterocycles. The van der Waals surface area contributed by atoms with Crippen molar-refractivity contribution in [3.05, 3.63) is 33.9 Å². The van der Waals surface area contributed by atoms with Crippen LogP contribution in [-0.4, -0.2) is 29.1 Å². The molecule has 1 aromatic carbocycles. The van der Waals surface area contributed by atoms with E-state index in [4.69, 9.17) is 5.11 Å².